The number of benzene rings is 2. The fourth-order valence-electron chi connectivity index (χ4n) is 2.85. The van der Waals surface area contributed by atoms with Crippen LogP contribution in [0.3, 0.4) is 0 Å². The second kappa shape index (κ2) is 8.62. The predicted octanol–water partition coefficient (Wildman–Crippen LogP) is 3.13. The third-order valence-corrected chi connectivity index (χ3v) is 5.78. The molecule has 0 aliphatic rings. The molecule has 3 aromatic rings. The summed E-state index contributed by atoms with van der Waals surface area (Å²) >= 11 is 5.58. The van der Waals surface area contributed by atoms with Gasteiger partial charge in [0.15, 0.2) is 5.82 Å². The topological polar surface area (TPSA) is 93.1 Å². The number of nitrogens with one attached hydrogen (secondary N) is 2. The summed E-state index contributed by atoms with van der Waals surface area (Å²) in [6, 6.07) is 14.5. The van der Waals surface area contributed by atoms with E-state index in [4.69, 9.17) is 11.6 Å². The van der Waals surface area contributed by atoms with Crippen LogP contribution in [0, 0.1) is 0 Å². The quantitative estimate of drug-likeness (QED) is 0.547. The maximum Gasteiger partial charge on any atom is 0.232 e. The third-order valence-electron chi connectivity index (χ3n) is 4.14. The molecule has 1 aromatic heterocycles. The van der Waals surface area contributed by atoms with Crippen LogP contribution in [0.25, 0.3) is 10.9 Å². The van der Waals surface area contributed by atoms with Gasteiger partial charge in [-0.1, -0.05) is 30.3 Å². The van der Waals surface area contributed by atoms with Gasteiger partial charge in [0, 0.05) is 24.0 Å². The molecular weight excluding hydrogens is 400 g/mol. The monoisotopic (exact) mass is 420 g/mol. The lowest BCUT2D eigenvalue weighted by Crippen LogP contribution is -2.17. The summed E-state index contributed by atoms with van der Waals surface area (Å²) in [6.07, 6.45) is 0.594. The molecule has 2 N–H and O–H groups in total. The van der Waals surface area contributed by atoms with Gasteiger partial charge in [0.05, 0.1) is 17.7 Å². The maximum absolute atomic E-state index is 12.4. The predicted molar refractivity (Wildman–Crippen MR) is 112 cm³/mol. The van der Waals surface area contributed by atoms with Gasteiger partial charge in [-0.2, -0.15) is 5.10 Å². The van der Waals surface area contributed by atoms with Crippen LogP contribution in [-0.2, 0) is 28.3 Å². The highest BCUT2D eigenvalue weighted by Crippen LogP contribution is 2.26. The number of anilines is 2. The van der Waals surface area contributed by atoms with Crippen molar-refractivity contribution in [1.82, 2.24) is 9.78 Å². The van der Waals surface area contributed by atoms with Crippen molar-refractivity contribution >= 4 is 49.9 Å². The Kier molecular flexibility index (Phi) is 6.21. The first kappa shape index (κ1) is 20.2. The summed E-state index contributed by atoms with van der Waals surface area (Å²) < 4.78 is 28.4. The number of amides is 1. The summed E-state index contributed by atoms with van der Waals surface area (Å²) in [5.74, 6) is 0.419. The zero-order chi connectivity index (χ0) is 20.1. The van der Waals surface area contributed by atoms with Crippen LogP contribution in [0.5, 0.6) is 0 Å². The number of carbonyl (C=O) groups is 1. The van der Waals surface area contributed by atoms with Gasteiger partial charge in [0.1, 0.15) is 0 Å². The van der Waals surface area contributed by atoms with Crippen molar-refractivity contribution in [2.75, 3.05) is 21.7 Å². The van der Waals surface area contributed by atoms with E-state index >= 15 is 0 Å². The zero-order valence-corrected chi connectivity index (χ0v) is 16.9. The first-order valence-electron chi connectivity index (χ1n) is 8.75. The second-order valence-electron chi connectivity index (χ2n) is 6.38. The van der Waals surface area contributed by atoms with Crippen LogP contribution in [0.15, 0.2) is 48.5 Å². The number of hydrogen-bond donors (Lipinski definition) is 2. The van der Waals surface area contributed by atoms with Crippen molar-refractivity contribution in [3.63, 3.8) is 0 Å². The lowest BCUT2D eigenvalue weighted by molar-refractivity contribution is -0.115. The van der Waals surface area contributed by atoms with Gasteiger partial charge in [-0.05, 0) is 30.2 Å². The summed E-state index contributed by atoms with van der Waals surface area (Å²) in [4.78, 5) is 12.4. The van der Waals surface area contributed by atoms with Crippen LogP contribution in [0.1, 0.15) is 12.0 Å². The molecule has 1 heterocycles. The molecule has 7 nitrogen and oxygen atoms in total. The Morgan fingerprint density at radius 1 is 1.18 bits per heavy atom. The van der Waals surface area contributed by atoms with E-state index < -0.39 is 10.0 Å². The number of sulfonamides is 1. The normalized spacial score (nSPS) is 11.5. The van der Waals surface area contributed by atoms with E-state index in [1.165, 1.54) is 0 Å². The van der Waals surface area contributed by atoms with E-state index in [-0.39, 0.29) is 24.0 Å². The zero-order valence-electron chi connectivity index (χ0n) is 15.4. The van der Waals surface area contributed by atoms with Crippen molar-refractivity contribution in [3.05, 3.63) is 54.1 Å². The molecule has 1 amide bonds. The molecule has 9 heteroatoms. The largest absolute Gasteiger partial charge is 0.308 e. The molecule has 2 aromatic carbocycles. The van der Waals surface area contributed by atoms with E-state index in [9.17, 15) is 13.2 Å². The fraction of sp³-hybridized carbons (Fsp3) is 0.263. The lowest BCUT2D eigenvalue weighted by atomic mass is 10.1. The highest BCUT2D eigenvalue weighted by molar-refractivity contribution is 7.92. The first-order valence-corrected chi connectivity index (χ1v) is 10.9. The highest BCUT2D eigenvalue weighted by Gasteiger charge is 2.15. The standard InChI is InChI=1S/C19H21ClN4O3S/c1-24-17-9-8-15(23-28(26,27)11-5-10-20)13-16(17)19(22-24)21-18(25)12-14-6-3-2-4-7-14/h2-4,6-9,13,23H,5,10-12H2,1H3,(H,21,22,25). The molecule has 28 heavy (non-hydrogen) atoms. The Balaban J connectivity index is 1.82. The molecule has 0 aliphatic heterocycles. The number of hydrogen-bond acceptors (Lipinski definition) is 4. The van der Waals surface area contributed by atoms with Crippen LogP contribution < -0.4 is 10.0 Å². The van der Waals surface area contributed by atoms with Crippen molar-refractivity contribution in [3.8, 4) is 0 Å². The minimum atomic E-state index is -3.48. The number of alkyl halides is 1. The molecule has 3 rings (SSSR count). The average Bonchev–Trinajstić information content (AvgIpc) is 2.95. The summed E-state index contributed by atoms with van der Waals surface area (Å²) in [5, 5.41) is 7.82. The molecule has 0 saturated carbocycles. The van der Waals surface area contributed by atoms with Crippen molar-refractivity contribution in [2.24, 2.45) is 7.05 Å². The van der Waals surface area contributed by atoms with Gasteiger partial charge in [0.25, 0.3) is 0 Å². The number of halogens is 1. The number of rotatable bonds is 8. The minimum Gasteiger partial charge on any atom is -0.308 e. The smallest absolute Gasteiger partial charge is 0.232 e. The molecule has 148 valence electrons. The Morgan fingerprint density at radius 3 is 2.64 bits per heavy atom. The van der Waals surface area contributed by atoms with Gasteiger partial charge in [0.2, 0.25) is 15.9 Å². The fourth-order valence-corrected chi connectivity index (χ4v) is 4.26. The van der Waals surface area contributed by atoms with Crippen LogP contribution in [-0.4, -0.2) is 35.7 Å². The van der Waals surface area contributed by atoms with Crippen LogP contribution in [0.4, 0.5) is 11.5 Å². The van der Waals surface area contributed by atoms with Crippen molar-refractivity contribution in [2.45, 2.75) is 12.8 Å². The molecule has 0 bridgehead atoms. The second-order valence-corrected chi connectivity index (χ2v) is 8.60. The Hall–Kier alpha value is -2.58. The minimum absolute atomic E-state index is 0.0533. The van der Waals surface area contributed by atoms with Gasteiger partial charge in [-0.25, -0.2) is 8.42 Å². The number of fused-ring (bicyclic) bond motifs is 1. The summed E-state index contributed by atoms with van der Waals surface area (Å²) in [5.41, 5.74) is 2.08. The molecule has 0 aliphatic carbocycles. The van der Waals surface area contributed by atoms with Crippen LogP contribution in [0.2, 0.25) is 0 Å². The molecule has 0 spiro atoms. The van der Waals surface area contributed by atoms with E-state index in [1.54, 1.807) is 29.9 Å². The Bertz CT molecular complexity index is 1080. The number of carbonyl (C=O) groups excluding carboxylic acids is 1. The van der Waals surface area contributed by atoms with E-state index in [0.717, 1.165) is 11.1 Å². The number of aromatic nitrogens is 2. The molecule has 0 saturated heterocycles. The molecule has 0 atom stereocenters. The van der Waals surface area contributed by atoms with Gasteiger partial charge >= 0.3 is 0 Å². The van der Waals surface area contributed by atoms with Gasteiger partial charge in [-0.3, -0.25) is 14.2 Å². The average molecular weight is 421 g/mol. The molecule has 0 fully saturated rings. The first-order chi connectivity index (χ1) is 13.4. The van der Waals surface area contributed by atoms with E-state index in [2.05, 4.69) is 15.1 Å². The van der Waals surface area contributed by atoms with Crippen LogP contribution >= 0.6 is 11.6 Å². The number of aryl methyl sites for hydroxylation is 1. The molecule has 0 radical (unpaired) electrons. The van der Waals surface area contributed by atoms with E-state index in [1.807, 2.05) is 30.3 Å². The highest BCUT2D eigenvalue weighted by atomic mass is 35.5. The number of nitrogens with zero attached hydrogens (tertiary/aromatic N) is 2. The van der Waals surface area contributed by atoms with Gasteiger partial charge < -0.3 is 5.32 Å². The Labute approximate surface area is 168 Å². The van der Waals surface area contributed by atoms with E-state index in [0.29, 0.717) is 23.3 Å². The SMILES string of the molecule is Cn1nc(NC(=O)Cc2ccccc2)c2cc(NS(=O)(=O)CCCCl)ccc21. The Morgan fingerprint density at radius 2 is 1.93 bits per heavy atom. The van der Waals surface area contributed by atoms with Crippen molar-refractivity contribution in [1.29, 1.82) is 0 Å². The summed E-state index contributed by atoms with van der Waals surface area (Å²) in [6.45, 7) is 0. The van der Waals surface area contributed by atoms with Gasteiger partial charge in [-0.15, -0.1) is 11.6 Å². The summed E-state index contributed by atoms with van der Waals surface area (Å²) in [7, 11) is -1.72. The lowest BCUT2D eigenvalue weighted by Gasteiger charge is -2.08. The van der Waals surface area contributed by atoms with Crippen molar-refractivity contribution < 1.29 is 13.2 Å². The maximum atomic E-state index is 12.4. The third kappa shape index (κ3) is 5.02. The molecular formula is C19H21ClN4O3S. The molecule has 0 unspecified atom stereocenters.